The lowest BCUT2D eigenvalue weighted by Gasteiger charge is -2.32. The smallest absolute Gasteiger partial charge is 0.270 e. The summed E-state index contributed by atoms with van der Waals surface area (Å²) >= 11 is 0. The summed E-state index contributed by atoms with van der Waals surface area (Å²) < 4.78 is 29.6. The second-order valence-electron chi connectivity index (χ2n) is 8.05. The predicted octanol–water partition coefficient (Wildman–Crippen LogP) is 2.94. The number of likely N-dealkylation sites (tertiary alicyclic amines) is 1. The van der Waals surface area contributed by atoms with Crippen LogP contribution in [0.15, 0.2) is 48.5 Å². The summed E-state index contributed by atoms with van der Waals surface area (Å²) in [4.78, 5) is 25.8. The Labute approximate surface area is 183 Å². The van der Waals surface area contributed by atoms with Crippen molar-refractivity contribution in [2.24, 2.45) is 11.5 Å². The number of fused-ring (bicyclic) bond motifs is 1. The van der Waals surface area contributed by atoms with E-state index in [2.05, 4.69) is 0 Å². The zero-order valence-corrected chi connectivity index (χ0v) is 17.3. The number of aromatic nitrogens is 1. The second kappa shape index (κ2) is 8.07. The number of nitrogens with zero attached hydrogens (tertiary/aromatic N) is 2. The summed E-state index contributed by atoms with van der Waals surface area (Å²) in [5.41, 5.74) is 13.5. The number of carbonyl (C=O) groups is 2. The summed E-state index contributed by atoms with van der Waals surface area (Å²) in [7, 11) is 0. The van der Waals surface area contributed by atoms with Crippen molar-refractivity contribution >= 4 is 28.6 Å². The molecule has 1 saturated heterocycles. The Bertz CT molecular complexity index is 1220. The van der Waals surface area contributed by atoms with E-state index in [0.717, 1.165) is 10.9 Å². The average Bonchev–Trinajstić information content (AvgIpc) is 3.10. The number of benzene rings is 2. The number of nitrogens with two attached hydrogens (primary N) is 2. The molecule has 0 saturated carbocycles. The van der Waals surface area contributed by atoms with Crippen molar-refractivity contribution in [3.63, 3.8) is 0 Å². The number of amides is 2. The number of nitrogen functional groups attached to an aromatic ring is 1. The Morgan fingerprint density at radius 2 is 1.72 bits per heavy atom. The first kappa shape index (κ1) is 21.5. The highest BCUT2D eigenvalue weighted by molar-refractivity contribution is 6.02. The highest BCUT2D eigenvalue weighted by atomic mass is 19.3. The van der Waals surface area contributed by atoms with Crippen LogP contribution in [0.4, 0.5) is 8.78 Å². The first-order chi connectivity index (χ1) is 15.1. The van der Waals surface area contributed by atoms with E-state index in [9.17, 15) is 18.4 Å². The van der Waals surface area contributed by atoms with Crippen LogP contribution in [-0.4, -0.2) is 46.1 Å². The summed E-state index contributed by atoms with van der Waals surface area (Å²) in [6, 6.07) is 13.5. The van der Waals surface area contributed by atoms with E-state index in [0.29, 0.717) is 16.6 Å². The lowest BCUT2D eigenvalue weighted by atomic mass is 10.1. The van der Waals surface area contributed by atoms with E-state index in [-0.39, 0.29) is 37.5 Å². The van der Waals surface area contributed by atoms with E-state index in [1.54, 1.807) is 53.1 Å². The summed E-state index contributed by atoms with van der Waals surface area (Å²) in [5, 5.41) is 8.46. The molecule has 32 heavy (non-hydrogen) atoms. The Kier molecular flexibility index (Phi) is 5.41. The van der Waals surface area contributed by atoms with Crippen molar-refractivity contribution in [2.45, 2.75) is 25.3 Å². The maximum atomic E-state index is 14.0. The van der Waals surface area contributed by atoms with Crippen molar-refractivity contribution in [3.05, 3.63) is 70.9 Å². The van der Waals surface area contributed by atoms with Gasteiger partial charge in [0.15, 0.2) is 0 Å². The van der Waals surface area contributed by atoms with Crippen molar-refractivity contribution in [3.8, 4) is 0 Å². The highest BCUT2D eigenvalue weighted by Gasteiger charge is 2.38. The number of rotatable bonds is 5. The number of alkyl halides is 2. The van der Waals surface area contributed by atoms with Gasteiger partial charge in [-0.3, -0.25) is 15.0 Å². The van der Waals surface area contributed by atoms with E-state index < -0.39 is 24.3 Å². The summed E-state index contributed by atoms with van der Waals surface area (Å²) in [6.07, 6.45) is 0.00990. The van der Waals surface area contributed by atoms with Gasteiger partial charge in [0.1, 0.15) is 11.5 Å². The lowest BCUT2D eigenvalue weighted by molar-refractivity contribution is -0.0562. The van der Waals surface area contributed by atoms with E-state index in [1.807, 2.05) is 0 Å². The number of hydrogen-bond acceptors (Lipinski definition) is 3. The quantitative estimate of drug-likeness (QED) is 0.419. The normalized spacial score (nSPS) is 15.6. The van der Waals surface area contributed by atoms with E-state index in [1.165, 1.54) is 4.90 Å². The van der Waals surface area contributed by atoms with Gasteiger partial charge in [-0.25, -0.2) is 8.78 Å². The van der Waals surface area contributed by atoms with Gasteiger partial charge < -0.3 is 20.9 Å². The number of carbonyl (C=O) groups excluding carboxylic acids is 2. The largest absolute Gasteiger partial charge is 0.384 e. The minimum Gasteiger partial charge on any atom is -0.384 e. The molecule has 0 atom stereocenters. The molecule has 0 aliphatic carbocycles. The van der Waals surface area contributed by atoms with Gasteiger partial charge in [0.05, 0.1) is 6.54 Å². The molecule has 0 unspecified atom stereocenters. The molecule has 0 bridgehead atoms. The molecule has 2 amide bonds. The zero-order chi connectivity index (χ0) is 23.0. The third kappa shape index (κ3) is 4.18. The van der Waals surface area contributed by atoms with Crippen LogP contribution in [0.1, 0.15) is 44.8 Å². The van der Waals surface area contributed by atoms with Gasteiger partial charge in [0, 0.05) is 41.5 Å². The molecule has 2 heterocycles. The number of hydrogen-bond donors (Lipinski definition) is 3. The third-order valence-electron chi connectivity index (χ3n) is 5.69. The SMILES string of the molecule is N=C(N)c1ccc2cc(C(=O)N3CCCC(F)(F)C3)n(Cc3ccc(C(N)=O)cc3)c2c1. The molecule has 4 rings (SSSR count). The summed E-state index contributed by atoms with van der Waals surface area (Å²) in [6.45, 7) is -0.0868. The number of amidine groups is 1. The number of piperidine rings is 1. The molecule has 1 aliphatic rings. The van der Waals surface area contributed by atoms with Crippen LogP contribution >= 0.6 is 0 Å². The number of primary amides is 1. The molecular formula is C23H23F2N5O2. The molecule has 1 aliphatic heterocycles. The highest BCUT2D eigenvalue weighted by Crippen LogP contribution is 2.29. The third-order valence-corrected chi connectivity index (χ3v) is 5.69. The van der Waals surface area contributed by atoms with E-state index >= 15 is 0 Å². The fourth-order valence-corrected chi connectivity index (χ4v) is 4.03. The van der Waals surface area contributed by atoms with Gasteiger partial charge >= 0.3 is 0 Å². The predicted molar refractivity (Wildman–Crippen MR) is 117 cm³/mol. The fourth-order valence-electron chi connectivity index (χ4n) is 4.03. The van der Waals surface area contributed by atoms with Crippen LogP contribution in [0, 0.1) is 5.41 Å². The Hall–Kier alpha value is -3.75. The minimum atomic E-state index is -2.91. The van der Waals surface area contributed by atoms with Crippen LogP contribution in [0.25, 0.3) is 10.9 Å². The lowest BCUT2D eigenvalue weighted by Crippen LogP contribution is -2.46. The Morgan fingerprint density at radius 1 is 1.03 bits per heavy atom. The van der Waals surface area contributed by atoms with Crippen molar-refractivity contribution in [2.75, 3.05) is 13.1 Å². The average molecular weight is 439 g/mol. The molecule has 9 heteroatoms. The molecule has 1 aromatic heterocycles. The van der Waals surface area contributed by atoms with Crippen LogP contribution in [-0.2, 0) is 6.54 Å². The second-order valence-corrected chi connectivity index (χ2v) is 8.05. The molecule has 7 nitrogen and oxygen atoms in total. The first-order valence-corrected chi connectivity index (χ1v) is 10.2. The Morgan fingerprint density at radius 3 is 2.34 bits per heavy atom. The zero-order valence-electron chi connectivity index (χ0n) is 17.3. The minimum absolute atomic E-state index is 0.117. The molecule has 0 spiro atoms. The van der Waals surface area contributed by atoms with Gasteiger partial charge in [-0.1, -0.05) is 24.3 Å². The molecule has 3 aromatic rings. The van der Waals surface area contributed by atoms with Gasteiger partial charge in [-0.15, -0.1) is 0 Å². The fraction of sp³-hybridized carbons (Fsp3) is 0.261. The Balaban J connectivity index is 1.78. The maximum Gasteiger partial charge on any atom is 0.270 e. The van der Waals surface area contributed by atoms with Crippen molar-refractivity contribution in [1.82, 2.24) is 9.47 Å². The van der Waals surface area contributed by atoms with Gasteiger partial charge in [-0.05, 0) is 36.2 Å². The molecule has 5 N–H and O–H groups in total. The van der Waals surface area contributed by atoms with Crippen molar-refractivity contribution < 1.29 is 18.4 Å². The molecular weight excluding hydrogens is 416 g/mol. The van der Waals surface area contributed by atoms with Crippen LogP contribution in [0.5, 0.6) is 0 Å². The van der Waals surface area contributed by atoms with Crippen LogP contribution < -0.4 is 11.5 Å². The van der Waals surface area contributed by atoms with Crippen LogP contribution in [0.2, 0.25) is 0 Å². The number of halogens is 2. The van der Waals surface area contributed by atoms with Crippen LogP contribution in [0.3, 0.4) is 0 Å². The number of nitrogens with one attached hydrogen (secondary N) is 1. The summed E-state index contributed by atoms with van der Waals surface area (Å²) in [5.74, 6) is -4.04. The van der Waals surface area contributed by atoms with Gasteiger partial charge in [-0.2, -0.15) is 0 Å². The topological polar surface area (TPSA) is 118 Å². The standard InChI is InChI=1S/C23H23F2N5O2/c24-23(25)8-1-9-29(13-23)22(32)19-10-16-6-7-17(20(26)27)11-18(16)30(19)12-14-2-4-15(5-3-14)21(28)31/h2-7,10-11H,1,8-9,12-13H2,(H3,26,27)(H2,28,31). The van der Waals surface area contributed by atoms with Gasteiger partial charge in [0.2, 0.25) is 5.91 Å². The van der Waals surface area contributed by atoms with E-state index in [4.69, 9.17) is 16.9 Å². The van der Waals surface area contributed by atoms with Crippen molar-refractivity contribution in [1.29, 1.82) is 5.41 Å². The van der Waals surface area contributed by atoms with Gasteiger partial charge in [0.25, 0.3) is 11.8 Å². The monoisotopic (exact) mass is 439 g/mol. The maximum absolute atomic E-state index is 14.0. The molecule has 166 valence electrons. The molecule has 2 aromatic carbocycles. The molecule has 1 fully saturated rings. The molecule has 0 radical (unpaired) electrons. The first-order valence-electron chi connectivity index (χ1n) is 10.2.